The van der Waals surface area contributed by atoms with Gasteiger partial charge in [0.25, 0.3) is 0 Å². The monoisotopic (exact) mass is 229 g/mol. The standard InChI is InChI=1S/C14H15NO2/c1-11-13(16-2)4-3-5-14(11)17-10-12-6-8-15-9-7-12/h3-9H,10H2,1-2H3. The molecular weight excluding hydrogens is 214 g/mol. The normalized spacial score (nSPS) is 10.0. The van der Waals surface area contributed by atoms with Gasteiger partial charge in [0.05, 0.1) is 7.11 Å². The number of nitrogens with zero attached hydrogens (tertiary/aromatic N) is 1. The molecule has 3 nitrogen and oxygen atoms in total. The summed E-state index contributed by atoms with van der Waals surface area (Å²) in [4.78, 5) is 3.97. The molecule has 0 radical (unpaired) electrons. The van der Waals surface area contributed by atoms with Crippen molar-refractivity contribution in [1.82, 2.24) is 4.98 Å². The highest BCUT2D eigenvalue weighted by Gasteiger charge is 2.04. The molecule has 0 saturated heterocycles. The van der Waals surface area contributed by atoms with Gasteiger partial charge in [-0.05, 0) is 36.8 Å². The van der Waals surface area contributed by atoms with E-state index in [1.54, 1.807) is 19.5 Å². The largest absolute Gasteiger partial charge is 0.496 e. The van der Waals surface area contributed by atoms with Crippen molar-refractivity contribution in [1.29, 1.82) is 0 Å². The molecule has 88 valence electrons. The molecule has 0 spiro atoms. The molecule has 2 rings (SSSR count). The molecule has 0 saturated carbocycles. The molecule has 0 aliphatic rings. The molecule has 2 aromatic rings. The maximum Gasteiger partial charge on any atom is 0.126 e. The number of ether oxygens (including phenoxy) is 2. The van der Waals surface area contributed by atoms with Crippen LogP contribution in [-0.2, 0) is 6.61 Å². The Labute approximate surface area is 101 Å². The van der Waals surface area contributed by atoms with Crippen molar-refractivity contribution in [2.24, 2.45) is 0 Å². The first-order valence-corrected chi connectivity index (χ1v) is 5.46. The van der Waals surface area contributed by atoms with Gasteiger partial charge in [0.2, 0.25) is 0 Å². The van der Waals surface area contributed by atoms with E-state index in [2.05, 4.69) is 4.98 Å². The van der Waals surface area contributed by atoms with Crippen LogP contribution < -0.4 is 9.47 Å². The molecule has 0 fully saturated rings. The Morgan fingerprint density at radius 2 is 1.76 bits per heavy atom. The van der Waals surface area contributed by atoms with E-state index in [1.807, 2.05) is 37.3 Å². The van der Waals surface area contributed by atoms with Crippen LogP contribution in [0.3, 0.4) is 0 Å². The van der Waals surface area contributed by atoms with E-state index in [4.69, 9.17) is 9.47 Å². The minimum atomic E-state index is 0.538. The third-order valence-electron chi connectivity index (χ3n) is 2.60. The number of methoxy groups -OCH3 is 1. The van der Waals surface area contributed by atoms with E-state index in [9.17, 15) is 0 Å². The summed E-state index contributed by atoms with van der Waals surface area (Å²) in [6.07, 6.45) is 3.52. The van der Waals surface area contributed by atoms with Crippen LogP contribution in [0.25, 0.3) is 0 Å². The van der Waals surface area contributed by atoms with Gasteiger partial charge in [0.15, 0.2) is 0 Å². The lowest BCUT2D eigenvalue weighted by Crippen LogP contribution is -1.98. The van der Waals surface area contributed by atoms with Crippen molar-refractivity contribution in [2.75, 3.05) is 7.11 Å². The van der Waals surface area contributed by atoms with Crippen LogP contribution in [0.1, 0.15) is 11.1 Å². The number of pyridine rings is 1. The van der Waals surface area contributed by atoms with Gasteiger partial charge in [-0.3, -0.25) is 4.98 Å². The summed E-state index contributed by atoms with van der Waals surface area (Å²) in [5.74, 6) is 1.69. The first kappa shape index (κ1) is 11.5. The zero-order valence-electron chi connectivity index (χ0n) is 10.0. The third-order valence-corrected chi connectivity index (χ3v) is 2.60. The third kappa shape index (κ3) is 2.75. The van der Waals surface area contributed by atoms with Gasteiger partial charge in [-0.1, -0.05) is 6.07 Å². The number of aromatic nitrogens is 1. The molecule has 3 heteroatoms. The van der Waals surface area contributed by atoms with Crippen LogP contribution in [0.2, 0.25) is 0 Å². The van der Waals surface area contributed by atoms with Gasteiger partial charge in [-0.15, -0.1) is 0 Å². The lowest BCUT2D eigenvalue weighted by Gasteiger charge is -2.11. The van der Waals surface area contributed by atoms with Crippen LogP contribution in [0.15, 0.2) is 42.7 Å². The summed E-state index contributed by atoms with van der Waals surface area (Å²) in [5, 5.41) is 0. The highest BCUT2D eigenvalue weighted by atomic mass is 16.5. The maximum absolute atomic E-state index is 5.76. The molecular formula is C14H15NO2. The van der Waals surface area contributed by atoms with Crippen LogP contribution in [0.4, 0.5) is 0 Å². The topological polar surface area (TPSA) is 31.4 Å². The minimum absolute atomic E-state index is 0.538. The number of hydrogen-bond acceptors (Lipinski definition) is 3. The Balaban J connectivity index is 2.09. The highest BCUT2D eigenvalue weighted by molar-refractivity contribution is 5.43. The van der Waals surface area contributed by atoms with Crippen molar-refractivity contribution < 1.29 is 9.47 Å². The number of rotatable bonds is 4. The lowest BCUT2D eigenvalue weighted by molar-refractivity contribution is 0.301. The number of benzene rings is 1. The van der Waals surface area contributed by atoms with E-state index in [0.717, 1.165) is 22.6 Å². The summed E-state index contributed by atoms with van der Waals surface area (Å²) in [7, 11) is 1.66. The SMILES string of the molecule is COc1cccc(OCc2ccncc2)c1C. The van der Waals surface area contributed by atoms with E-state index >= 15 is 0 Å². The average Bonchev–Trinajstić information content (AvgIpc) is 2.39. The molecule has 0 amide bonds. The fourth-order valence-electron chi connectivity index (χ4n) is 1.61. The molecule has 0 N–H and O–H groups in total. The number of hydrogen-bond donors (Lipinski definition) is 0. The van der Waals surface area contributed by atoms with Crippen LogP contribution in [0, 0.1) is 6.92 Å². The maximum atomic E-state index is 5.76. The quantitative estimate of drug-likeness (QED) is 0.807. The van der Waals surface area contributed by atoms with Gasteiger partial charge in [-0.2, -0.15) is 0 Å². The second-order valence-corrected chi connectivity index (χ2v) is 3.73. The summed E-state index contributed by atoms with van der Waals surface area (Å²) < 4.78 is 11.0. The molecule has 0 bridgehead atoms. The van der Waals surface area contributed by atoms with Gasteiger partial charge in [-0.25, -0.2) is 0 Å². The van der Waals surface area contributed by atoms with Gasteiger partial charge < -0.3 is 9.47 Å². The summed E-state index contributed by atoms with van der Waals surface area (Å²) in [6, 6.07) is 9.67. The molecule has 0 atom stereocenters. The Morgan fingerprint density at radius 1 is 1.06 bits per heavy atom. The van der Waals surface area contributed by atoms with Crippen molar-refractivity contribution in [3.8, 4) is 11.5 Å². The van der Waals surface area contributed by atoms with Crippen molar-refractivity contribution in [3.05, 3.63) is 53.9 Å². The predicted octanol–water partition coefficient (Wildman–Crippen LogP) is 2.98. The van der Waals surface area contributed by atoms with Gasteiger partial charge >= 0.3 is 0 Å². The van der Waals surface area contributed by atoms with Crippen LogP contribution in [0.5, 0.6) is 11.5 Å². The van der Waals surface area contributed by atoms with Crippen LogP contribution in [-0.4, -0.2) is 12.1 Å². The molecule has 0 aliphatic carbocycles. The van der Waals surface area contributed by atoms with Gasteiger partial charge in [0, 0.05) is 18.0 Å². The first-order chi connectivity index (χ1) is 8.31. The molecule has 0 aliphatic heterocycles. The van der Waals surface area contributed by atoms with Crippen molar-refractivity contribution >= 4 is 0 Å². The average molecular weight is 229 g/mol. The van der Waals surface area contributed by atoms with E-state index < -0.39 is 0 Å². The van der Waals surface area contributed by atoms with E-state index in [0.29, 0.717) is 6.61 Å². The van der Waals surface area contributed by atoms with E-state index in [-0.39, 0.29) is 0 Å². The Bertz CT molecular complexity index is 483. The summed E-state index contributed by atoms with van der Waals surface area (Å²) >= 11 is 0. The zero-order chi connectivity index (χ0) is 12.1. The van der Waals surface area contributed by atoms with Crippen molar-refractivity contribution in [3.63, 3.8) is 0 Å². The fourth-order valence-corrected chi connectivity index (χ4v) is 1.61. The second kappa shape index (κ2) is 5.34. The second-order valence-electron chi connectivity index (χ2n) is 3.73. The Morgan fingerprint density at radius 3 is 2.47 bits per heavy atom. The highest BCUT2D eigenvalue weighted by Crippen LogP contribution is 2.27. The van der Waals surface area contributed by atoms with Gasteiger partial charge in [0.1, 0.15) is 18.1 Å². The molecule has 17 heavy (non-hydrogen) atoms. The molecule has 1 aromatic carbocycles. The lowest BCUT2D eigenvalue weighted by atomic mass is 10.2. The Hall–Kier alpha value is -2.03. The first-order valence-electron chi connectivity index (χ1n) is 5.46. The fraction of sp³-hybridized carbons (Fsp3) is 0.214. The minimum Gasteiger partial charge on any atom is -0.496 e. The Kier molecular flexibility index (Phi) is 3.60. The predicted molar refractivity (Wildman–Crippen MR) is 66.3 cm³/mol. The zero-order valence-corrected chi connectivity index (χ0v) is 10.0. The molecule has 1 heterocycles. The van der Waals surface area contributed by atoms with Crippen LogP contribution >= 0.6 is 0 Å². The van der Waals surface area contributed by atoms with Crippen molar-refractivity contribution in [2.45, 2.75) is 13.5 Å². The van der Waals surface area contributed by atoms with E-state index in [1.165, 1.54) is 0 Å². The molecule has 0 unspecified atom stereocenters. The smallest absolute Gasteiger partial charge is 0.126 e. The summed E-state index contributed by atoms with van der Waals surface area (Å²) in [6.45, 7) is 2.53. The molecule has 1 aromatic heterocycles. The summed E-state index contributed by atoms with van der Waals surface area (Å²) in [5.41, 5.74) is 2.12.